The largest absolute Gasteiger partial charge is 0.298 e. The molecule has 3 fully saturated rings. The van der Waals surface area contributed by atoms with Crippen molar-refractivity contribution in [3.8, 4) is 0 Å². The van der Waals surface area contributed by atoms with Gasteiger partial charge in [0.15, 0.2) is 0 Å². The summed E-state index contributed by atoms with van der Waals surface area (Å²) in [7, 11) is 0. The van der Waals surface area contributed by atoms with Crippen molar-refractivity contribution in [2.75, 3.05) is 19.6 Å². The fraction of sp³-hybridized carbons (Fsp3) is 0.700. The van der Waals surface area contributed by atoms with Crippen LogP contribution in [0.15, 0.2) is 18.2 Å². The third kappa shape index (κ3) is 3.23. The Kier molecular flexibility index (Phi) is 4.86. The summed E-state index contributed by atoms with van der Waals surface area (Å²) >= 11 is 0. The van der Waals surface area contributed by atoms with Gasteiger partial charge in [-0.1, -0.05) is 19.3 Å². The highest BCUT2D eigenvalue weighted by atomic mass is 19.1. The molecule has 2 nitrogen and oxygen atoms in total. The Labute approximate surface area is 143 Å². The van der Waals surface area contributed by atoms with E-state index in [0.717, 1.165) is 19.0 Å². The fourth-order valence-electron chi connectivity index (χ4n) is 5.32. The second kappa shape index (κ2) is 7.09. The monoisotopic (exact) mass is 334 g/mol. The highest BCUT2D eigenvalue weighted by molar-refractivity contribution is 5.19. The van der Waals surface area contributed by atoms with Crippen LogP contribution in [0.1, 0.15) is 50.5 Å². The van der Waals surface area contributed by atoms with Gasteiger partial charge >= 0.3 is 0 Å². The summed E-state index contributed by atoms with van der Waals surface area (Å²) in [4.78, 5) is 5.12. The molecule has 24 heavy (non-hydrogen) atoms. The molecule has 132 valence electrons. The van der Waals surface area contributed by atoms with Crippen LogP contribution in [0.2, 0.25) is 0 Å². The predicted octanol–water partition coefficient (Wildman–Crippen LogP) is 4.19. The van der Waals surface area contributed by atoms with Crippen LogP contribution in [-0.2, 0) is 6.54 Å². The third-order valence-electron chi connectivity index (χ3n) is 6.42. The number of hydrogen-bond acceptors (Lipinski definition) is 2. The number of rotatable bonds is 3. The maximum atomic E-state index is 14.2. The average Bonchev–Trinajstić information content (AvgIpc) is 3.07. The molecule has 1 aromatic carbocycles. The van der Waals surface area contributed by atoms with Gasteiger partial charge in [0.25, 0.3) is 0 Å². The molecule has 2 heterocycles. The molecule has 0 bridgehead atoms. The summed E-state index contributed by atoms with van der Waals surface area (Å²) in [5.41, 5.74) is 0.516. The molecular weight excluding hydrogens is 306 g/mol. The van der Waals surface area contributed by atoms with Crippen molar-refractivity contribution < 1.29 is 8.78 Å². The molecule has 4 heteroatoms. The van der Waals surface area contributed by atoms with Gasteiger partial charge < -0.3 is 0 Å². The van der Waals surface area contributed by atoms with Gasteiger partial charge in [0, 0.05) is 37.3 Å². The van der Waals surface area contributed by atoms with Crippen LogP contribution >= 0.6 is 0 Å². The molecular formula is C20H28F2N2. The fourth-order valence-corrected chi connectivity index (χ4v) is 5.32. The number of piperazine rings is 1. The number of benzene rings is 1. The van der Waals surface area contributed by atoms with Crippen LogP contribution in [0.25, 0.3) is 0 Å². The summed E-state index contributed by atoms with van der Waals surface area (Å²) in [5, 5.41) is 0. The first-order valence-electron chi connectivity index (χ1n) is 9.64. The summed E-state index contributed by atoms with van der Waals surface area (Å²) < 4.78 is 27.7. The summed E-state index contributed by atoms with van der Waals surface area (Å²) in [6.07, 6.45) is 9.18. The minimum absolute atomic E-state index is 0.271. The molecule has 0 unspecified atom stereocenters. The molecule has 0 amide bonds. The normalized spacial score (nSPS) is 29.8. The standard InChI is InChI=1S/C20H28F2N2/c21-17-8-9-18(22)16(13-17)14-24-12-11-23-10-4-7-19(23)20(24)15-5-2-1-3-6-15/h8-9,13,15,19-20H,1-7,10-12,14H2/t19-,20-/m1/s1. The number of halogens is 2. The minimum Gasteiger partial charge on any atom is -0.298 e. The third-order valence-corrected chi connectivity index (χ3v) is 6.42. The zero-order valence-electron chi connectivity index (χ0n) is 14.4. The topological polar surface area (TPSA) is 6.48 Å². The lowest BCUT2D eigenvalue weighted by Gasteiger charge is -2.49. The Hall–Kier alpha value is -1.00. The molecule has 2 atom stereocenters. The molecule has 2 aliphatic heterocycles. The van der Waals surface area contributed by atoms with E-state index in [2.05, 4.69) is 9.80 Å². The highest BCUT2D eigenvalue weighted by Crippen LogP contribution is 2.38. The van der Waals surface area contributed by atoms with E-state index >= 15 is 0 Å². The quantitative estimate of drug-likeness (QED) is 0.818. The molecule has 1 saturated carbocycles. The molecule has 2 saturated heterocycles. The van der Waals surface area contributed by atoms with Crippen molar-refractivity contribution in [1.82, 2.24) is 9.80 Å². The van der Waals surface area contributed by atoms with Crippen molar-refractivity contribution in [3.05, 3.63) is 35.4 Å². The summed E-state index contributed by atoms with van der Waals surface area (Å²) in [5.74, 6) is 0.119. The predicted molar refractivity (Wildman–Crippen MR) is 91.7 cm³/mol. The van der Waals surface area contributed by atoms with Gasteiger partial charge in [-0.25, -0.2) is 8.78 Å². The zero-order chi connectivity index (χ0) is 16.5. The van der Waals surface area contributed by atoms with E-state index in [0.29, 0.717) is 24.2 Å². The van der Waals surface area contributed by atoms with Crippen molar-refractivity contribution in [2.45, 2.75) is 63.6 Å². The van der Waals surface area contributed by atoms with E-state index in [1.54, 1.807) is 0 Å². The first-order chi connectivity index (χ1) is 11.7. The Morgan fingerprint density at radius 1 is 0.917 bits per heavy atom. The second-order valence-corrected chi connectivity index (χ2v) is 7.84. The van der Waals surface area contributed by atoms with Gasteiger partial charge in [0.05, 0.1) is 0 Å². The van der Waals surface area contributed by atoms with Crippen LogP contribution in [0.4, 0.5) is 8.78 Å². The van der Waals surface area contributed by atoms with E-state index in [4.69, 9.17) is 0 Å². The maximum Gasteiger partial charge on any atom is 0.127 e. The van der Waals surface area contributed by atoms with E-state index in [1.807, 2.05) is 0 Å². The van der Waals surface area contributed by atoms with Crippen LogP contribution in [0, 0.1) is 17.6 Å². The van der Waals surface area contributed by atoms with Crippen molar-refractivity contribution in [3.63, 3.8) is 0 Å². The van der Waals surface area contributed by atoms with E-state index in [-0.39, 0.29) is 11.6 Å². The van der Waals surface area contributed by atoms with E-state index in [1.165, 1.54) is 69.7 Å². The Morgan fingerprint density at radius 3 is 2.58 bits per heavy atom. The van der Waals surface area contributed by atoms with Crippen LogP contribution in [0.5, 0.6) is 0 Å². The molecule has 0 spiro atoms. The minimum atomic E-state index is -0.333. The van der Waals surface area contributed by atoms with Gasteiger partial charge in [-0.05, 0) is 56.3 Å². The molecule has 0 aromatic heterocycles. The van der Waals surface area contributed by atoms with Crippen LogP contribution in [0.3, 0.4) is 0 Å². The molecule has 3 aliphatic rings. The van der Waals surface area contributed by atoms with Crippen LogP contribution in [-0.4, -0.2) is 41.5 Å². The lowest BCUT2D eigenvalue weighted by Crippen LogP contribution is -2.59. The average molecular weight is 334 g/mol. The summed E-state index contributed by atoms with van der Waals surface area (Å²) in [6, 6.07) is 5.01. The van der Waals surface area contributed by atoms with Crippen LogP contribution < -0.4 is 0 Å². The Morgan fingerprint density at radius 2 is 1.75 bits per heavy atom. The van der Waals surface area contributed by atoms with Gasteiger partial charge in [-0.2, -0.15) is 0 Å². The molecule has 0 N–H and O–H groups in total. The zero-order valence-corrected chi connectivity index (χ0v) is 14.4. The lowest BCUT2D eigenvalue weighted by atomic mass is 9.78. The van der Waals surface area contributed by atoms with Gasteiger partial charge in [-0.15, -0.1) is 0 Å². The summed E-state index contributed by atoms with van der Waals surface area (Å²) in [6.45, 7) is 3.82. The maximum absolute atomic E-state index is 14.2. The van der Waals surface area contributed by atoms with Crippen molar-refractivity contribution in [2.24, 2.45) is 5.92 Å². The van der Waals surface area contributed by atoms with Gasteiger partial charge in [0.1, 0.15) is 11.6 Å². The molecule has 1 aromatic rings. The number of hydrogen-bond donors (Lipinski definition) is 0. The van der Waals surface area contributed by atoms with E-state index in [9.17, 15) is 8.78 Å². The first-order valence-corrected chi connectivity index (χ1v) is 9.64. The number of fused-ring (bicyclic) bond motifs is 1. The lowest BCUT2D eigenvalue weighted by molar-refractivity contribution is -0.00435. The highest BCUT2D eigenvalue weighted by Gasteiger charge is 2.43. The first kappa shape index (κ1) is 16.5. The van der Waals surface area contributed by atoms with Gasteiger partial charge in [0.2, 0.25) is 0 Å². The van der Waals surface area contributed by atoms with Crippen molar-refractivity contribution in [1.29, 1.82) is 0 Å². The molecule has 1 aliphatic carbocycles. The Bertz CT molecular complexity index is 571. The molecule has 4 rings (SSSR count). The number of nitrogens with zero attached hydrogens (tertiary/aromatic N) is 2. The van der Waals surface area contributed by atoms with E-state index < -0.39 is 0 Å². The second-order valence-electron chi connectivity index (χ2n) is 7.84. The SMILES string of the molecule is Fc1ccc(F)c(CN2CCN3CCC[C@@H]3[C@H]2C2CCCCC2)c1. The molecule has 0 radical (unpaired) electrons. The van der Waals surface area contributed by atoms with Gasteiger partial charge in [-0.3, -0.25) is 9.80 Å². The van der Waals surface area contributed by atoms with Crippen molar-refractivity contribution >= 4 is 0 Å². The smallest absolute Gasteiger partial charge is 0.127 e. The Balaban J connectivity index is 1.58.